The van der Waals surface area contributed by atoms with Gasteiger partial charge in [-0.3, -0.25) is 9.59 Å². The first-order valence-corrected chi connectivity index (χ1v) is 8.77. The average Bonchev–Trinajstić information content (AvgIpc) is 2.71. The number of carbonyl (C=O) groups excluding carboxylic acids is 2. The van der Waals surface area contributed by atoms with E-state index in [1.165, 1.54) is 5.56 Å². The summed E-state index contributed by atoms with van der Waals surface area (Å²) in [5.41, 5.74) is 6.07. The SMILES string of the molecule is O=Cc1ccc2c(c1)CCC(=O)N2Cc1ccc(-c2ccccc2)cc1. The topological polar surface area (TPSA) is 37.4 Å². The first-order valence-electron chi connectivity index (χ1n) is 8.77. The fourth-order valence-electron chi connectivity index (χ4n) is 3.44. The molecule has 0 radical (unpaired) electrons. The second-order valence-corrected chi connectivity index (χ2v) is 6.55. The Hall–Kier alpha value is -3.20. The monoisotopic (exact) mass is 341 g/mol. The molecule has 3 aromatic carbocycles. The maximum atomic E-state index is 12.5. The Morgan fingerprint density at radius 3 is 2.31 bits per heavy atom. The van der Waals surface area contributed by atoms with Crippen molar-refractivity contribution in [3.63, 3.8) is 0 Å². The van der Waals surface area contributed by atoms with Crippen LogP contribution in [-0.2, 0) is 17.8 Å². The standard InChI is InChI=1S/C23H19NO2/c25-16-18-8-12-22-21(14-18)11-13-23(26)24(22)15-17-6-9-20(10-7-17)19-4-2-1-3-5-19/h1-10,12,14,16H,11,13,15H2. The van der Waals surface area contributed by atoms with Gasteiger partial charge in [-0.2, -0.15) is 0 Å². The van der Waals surface area contributed by atoms with Gasteiger partial charge < -0.3 is 4.90 Å². The van der Waals surface area contributed by atoms with Crippen molar-refractivity contribution in [3.05, 3.63) is 89.5 Å². The number of nitrogens with zero attached hydrogens (tertiary/aromatic N) is 1. The smallest absolute Gasteiger partial charge is 0.227 e. The third-order valence-corrected chi connectivity index (χ3v) is 4.84. The maximum Gasteiger partial charge on any atom is 0.227 e. The van der Waals surface area contributed by atoms with Crippen molar-refractivity contribution >= 4 is 17.9 Å². The van der Waals surface area contributed by atoms with Crippen LogP contribution in [-0.4, -0.2) is 12.2 Å². The molecule has 0 unspecified atom stereocenters. The lowest BCUT2D eigenvalue weighted by atomic mass is 9.98. The van der Waals surface area contributed by atoms with Crippen LogP contribution >= 0.6 is 0 Å². The van der Waals surface area contributed by atoms with E-state index >= 15 is 0 Å². The largest absolute Gasteiger partial charge is 0.308 e. The van der Waals surface area contributed by atoms with Crippen molar-refractivity contribution in [2.24, 2.45) is 0 Å². The lowest BCUT2D eigenvalue weighted by Crippen LogP contribution is -2.34. The zero-order chi connectivity index (χ0) is 17.9. The molecule has 128 valence electrons. The first-order chi connectivity index (χ1) is 12.7. The number of anilines is 1. The summed E-state index contributed by atoms with van der Waals surface area (Å²) in [6, 6.07) is 24.1. The van der Waals surface area contributed by atoms with Crippen molar-refractivity contribution in [2.45, 2.75) is 19.4 Å². The summed E-state index contributed by atoms with van der Waals surface area (Å²) in [7, 11) is 0. The Morgan fingerprint density at radius 2 is 1.58 bits per heavy atom. The summed E-state index contributed by atoms with van der Waals surface area (Å²) in [6.07, 6.45) is 2.03. The first kappa shape index (κ1) is 16.3. The van der Waals surface area contributed by atoms with Gasteiger partial charge in [0.05, 0.1) is 6.54 Å². The molecule has 1 amide bonds. The van der Waals surface area contributed by atoms with Crippen LogP contribution in [0.5, 0.6) is 0 Å². The maximum absolute atomic E-state index is 12.5. The number of benzene rings is 3. The van der Waals surface area contributed by atoms with Gasteiger partial charge in [0.1, 0.15) is 6.29 Å². The van der Waals surface area contributed by atoms with Gasteiger partial charge in [0, 0.05) is 17.7 Å². The number of hydrogen-bond acceptors (Lipinski definition) is 2. The van der Waals surface area contributed by atoms with E-state index in [0.29, 0.717) is 24.9 Å². The number of rotatable bonds is 4. The molecule has 4 rings (SSSR count). The zero-order valence-electron chi connectivity index (χ0n) is 14.4. The number of amides is 1. The van der Waals surface area contributed by atoms with Crippen LogP contribution in [0.1, 0.15) is 27.9 Å². The molecule has 0 aromatic heterocycles. The molecule has 0 N–H and O–H groups in total. The van der Waals surface area contributed by atoms with E-state index in [1.807, 2.05) is 35.2 Å². The van der Waals surface area contributed by atoms with E-state index in [4.69, 9.17) is 0 Å². The summed E-state index contributed by atoms with van der Waals surface area (Å²) in [5.74, 6) is 0.128. The van der Waals surface area contributed by atoms with Crippen LogP contribution in [0.2, 0.25) is 0 Å². The molecule has 0 atom stereocenters. The van der Waals surface area contributed by atoms with E-state index < -0.39 is 0 Å². The van der Waals surface area contributed by atoms with Crippen LogP contribution in [0.25, 0.3) is 11.1 Å². The molecule has 3 aromatic rings. The summed E-state index contributed by atoms with van der Waals surface area (Å²) in [6.45, 7) is 0.543. The summed E-state index contributed by atoms with van der Waals surface area (Å²) in [5, 5.41) is 0. The van der Waals surface area contributed by atoms with Gasteiger partial charge in [-0.05, 0) is 46.9 Å². The molecule has 3 heteroatoms. The van der Waals surface area contributed by atoms with Gasteiger partial charge in [-0.1, -0.05) is 54.6 Å². The molecule has 0 fully saturated rings. The molecular formula is C23H19NO2. The summed E-state index contributed by atoms with van der Waals surface area (Å²) in [4.78, 5) is 25.3. The van der Waals surface area contributed by atoms with Crippen molar-refractivity contribution in [1.29, 1.82) is 0 Å². The van der Waals surface area contributed by atoms with Crippen LogP contribution in [0, 0.1) is 0 Å². The molecule has 0 spiro atoms. The molecule has 1 heterocycles. The van der Waals surface area contributed by atoms with Crippen molar-refractivity contribution < 1.29 is 9.59 Å². The highest BCUT2D eigenvalue weighted by Crippen LogP contribution is 2.30. The molecule has 1 aliphatic rings. The highest BCUT2D eigenvalue weighted by Gasteiger charge is 2.24. The molecule has 0 bridgehead atoms. The highest BCUT2D eigenvalue weighted by atomic mass is 16.2. The van der Waals surface area contributed by atoms with Gasteiger partial charge in [0.25, 0.3) is 0 Å². The lowest BCUT2D eigenvalue weighted by Gasteiger charge is -2.29. The minimum absolute atomic E-state index is 0.128. The average molecular weight is 341 g/mol. The Bertz CT molecular complexity index is 946. The van der Waals surface area contributed by atoms with Crippen molar-refractivity contribution in [1.82, 2.24) is 0 Å². The number of aryl methyl sites for hydroxylation is 1. The van der Waals surface area contributed by atoms with E-state index in [0.717, 1.165) is 28.7 Å². The third-order valence-electron chi connectivity index (χ3n) is 4.84. The molecule has 3 nitrogen and oxygen atoms in total. The molecule has 0 saturated carbocycles. The predicted octanol–water partition coefficient (Wildman–Crippen LogP) is 4.65. The van der Waals surface area contributed by atoms with Crippen LogP contribution in [0.4, 0.5) is 5.69 Å². The highest BCUT2D eigenvalue weighted by molar-refractivity contribution is 5.97. The lowest BCUT2D eigenvalue weighted by molar-refractivity contribution is -0.119. The molecule has 0 aliphatic carbocycles. The quantitative estimate of drug-likeness (QED) is 0.648. The number of hydrogen-bond donors (Lipinski definition) is 0. The minimum Gasteiger partial charge on any atom is -0.308 e. The van der Waals surface area contributed by atoms with Gasteiger partial charge in [-0.15, -0.1) is 0 Å². The van der Waals surface area contributed by atoms with Gasteiger partial charge in [0.15, 0.2) is 0 Å². The van der Waals surface area contributed by atoms with Crippen molar-refractivity contribution in [2.75, 3.05) is 4.90 Å². The molecule has 0 saturated heterocycles. The second-order valence-electron chi connectivity index (χ2n) is 6.55. The summed E-state index contributed by atoms with van der Waals surface area (Å²) >= 11 is 0. The number of carbonyl (C=O) groups is 2. The van der Waals surface area contributed by atoms with Gasteiger partial charge in [-0.25, -0.2) is 0 Å². The Morgan fingerprint density at radius 1 is 0.846 bits per heavy atom. The van der Waals surface area contributed by atoms with Gasteiger partial charge >= 0.3 is 0 Å². The van der Waals surface area contributed by atoms with Crippen molar-refractivity contribution in [3.8, 4) is 11.1 Å². The predicted molar refractivity (Wildman–Crippen MR) is 103 cm³/mol. The Labute approximate surface area is 152 Å². The molecule has 26 heavy (non-hydrogen) atoms. The fourth-order valence-corrected chi connectivity index (χ4v) is 3.44. The van der Waals surface area contributed by atoms with E-state index in [9.17, 15) is 9.59 Å². The van der Waals surface area contributed by atoms with Crippen LogP contribution in [0.15, 0.2) is 72.8 Å². The van der Waals surface area contributed by atoms with Gasteiger partial charge in [0.2, 0.25) is 5.91 Å². The summed E-state index contributed by atoms with van der Waals surface area (Å²) < 4.78 is 0. The number of aldehydes is 1. The fraction of sp³-hybridized carbons (Fsp3) is 0.130. The molecule has 1 aliphatic heterocycles. The van der Waals surface area contributed by atoms with Crippen LogP contribution in [0.3, 0.4) is 0 Å². The second kappa shape index (κ2) is 6.96. The number of fused-ring (bicyclic) bond motifs is 1. The zero-order valence-corrected chi connectivity index (χ0v) is 14.4. The van der Waals surface area contributed by atoms with Crippen LogP contribution < -0.4 is 4.90 Å². The van der Waals surface area contributed by atoms with E-state index in [1.54, 1.807) is 6.07 Å². The molecular weight excluding hydrogens is 322 g/mol. The van der Waals surface area contributed by atoms with E-state index in [-0.39, 0.29) is 5.91 Å². The normalized spacial score (nSPS) is 13.4. The van der Waals surface area contributed by atoms with E-state index in [2.05, 4.69) is 36.4 Å². The Balaban J connectivity index is 1.59. The minimum atomic E-state index is 0.128. The Kier molecular flexibility index (Phi) is 4.36. The third kappa shape index (κ3) is 3.16.